The Balaban J connectivity index is 3.22. The molecule has 0 aliphatic heterocycles. The zero-order valence-electron chi connectivity index (χ0n) is 7.20. The second-order valence-electron chi connectivity index (χ2n) is 1.86. The van der Waals surface area contributed by atoms with E-state index in [1.807, 2.05) is 0 Å². The van der Waals surface area contributed by atoms with Gasteiger partial charge in [-0.2, -0.15) is 0 Å². The second kappa shape index (κ2) is 8.48. The average molecular weight is 188 g/mol. The molecule has 0 aromatic heterocycles. The first-order valence-electron chi connectivity index (χ1n) is 3.45. The largest absolute Gasteiger partial charge is 0.490 e. The van der Waals surface area contributed by atoms with Crippen LogP contribution in [0.2, 0.25) is 6.04 Å². The molecule has 0 fully saturated rings. The Bertz CT molecular complexity index is 140. The number of carbonyl (C=O) groups excluding carboxylic acids is 1. The minimum Gasteiger partial charge on any atom is -0.490 e. The lowest BCUT2D eigenvalue weighted by atomic mass is 10.8. The van der Waals surface area contributed by atoms with E-state index in [0.717, 1.165) is 12.3 Å². The molecule has 0 amide bonds. The topological polar surface area (TPSA) is 44.8 Å². The summed E-state index contributed by atoms with van der Waals surface area (Å²) in [5.41, 5.74) is 0. The molecule has 0 saturated heterocycles. The molecule has 0 unspecified atom stereocenters. The van der Waals surface area contributed by atoms with E-state index in [1.54, 1.807) is 14.2 Å². The van der Waals surface area contributed by atoms with Crippen molar-refractivity contribution in [2.45, 2.75) is 12.0 Å². The first-order chi connectivity index (χ1) is 5.85. The van der Waals surface area contributed by atoms with E-state index < -0.39 is 0 Å². The van der Waals surface area contributed by atoms with Crippen LogP contribution in [0.4, 0.5) is 0 Å². The van der Waals surface area contributed by atoms with Gasteiger partial charge < -0.3 is 14.2 Å². The highest BCUT2D eigenvalue weighted by atomic mass is 28.2. The Hall–Kier alpha value is -0.613. The lowest BCUT2D eigenvalue weighted by Gasteiger charge is -2.11. The molecule has 0 bridgehead atoms. The van der Waals surface area contributed by atoms with Gasteiger partial charge in [-0.05, 0) is 6.04 Å². The van der Waals surface area contributed by atoms with E-state index in [9.17, 15) is 4.79 Å². The Labute approximate surface area is 74.3 Å². The summed E-state index contributed by atoms with van der Waals surface area (Å²) in [6, 6.07) is 0.810. The van der Waals surface area contributed by atoms with Crippen molar-refractivity contribution in [1.29, 1.82) is 0 Å². The van der Waals surface area contributed by atoms with E-state index in [0.29, 0.717) is 16.1 Å². The molecule has 5 heteroatoms. The Morgan fingerprint density at radius 2 is 2.17 bits per heavy atom. The molecule has 2 radical (unpaired) electrons. The first kappa shape index (κ1) is 11.4. The molecule has 0 rings (SSSR count). The zero-order chi connectivity index (χ0) is 9.23. The SMILES string of the molecule is COC(OC)[Si]CCOC=C=O. The van der Waals surface area contributed by atoms with Gasteiger partial charge in [-0.25, -0.2) is 4.79 Å². The molecule has 0 heterocycles. The summed E-state index contributed by atoms with van der Waals surface area (Å²) in [5.74, 6) is 1.37. The highest BCUT2D eigenvalue weighted by Gasteiger charge is 2.04. The van der Waals surface area contributed by atoms with Crippen molar-refractivity contribution in [3.63, 3.8) is 0 Å². The molecule has 0 N–H and O–H groups in total. The number of hydrogen-bond donors (Lipinski definition) is 0. The number of hydrogen-bond acceptors (Lipinski definition) is 4. The van der Waals surface area contributed by atoms with Crippen LogP contribution in [0.25, 0.3) is 0 Å². The van der Waals surface area contributed by atoms with Crippen LogP contribution in [0.3, 0.4) is 0 Å². The average Bonchev–Trinajstić information content (AvgIpc) is 2.11. The maximum Gasteiger partial charge on any atom is 0.166 e. The molecule has 68 valence electrons. The molecular formula is C7H12O4Si. The van der Waals surface area contributed by atoms with Gasteiger partial charge in [-0.1, -0.05) is 0 Å². The molecule has 0 aliphatic carbocycles. The molecule has 0 aromatic carbocycles. The molecule has 0 atom stereocenters. The van der Waals surface area contributed by atoms with Crippen molar-refractivity contribution in [3.05, 3.63) is 6.26 Å². The Morgan fingerprint density at radius 3 is 2.67 bits per heavy atom. The molecule has 0 saturated carbocycles. The lowest BCUT2D eigenvalue weighted by Crippen LogP contribution is -2.21. The van der Waals surface area contributed by atoms with E-state index >= 15 is 0 Å². The van der Waals surface area contributed by atoms with E-state index in [1.165, 1.54) is 5.94 Å². The van der Waals surface area contributed by atoms with Crippen LogP contribution in [0, 0.1) is 0 Å². The third kappa shape index (κ3) is 6.12. The number of methoxy groups -OCH3 is 2. The molecule has 0 aromatic rings. The van der Waals surface area contributed by atoms with Crippen LogP contribution in [0.1, 0.15) is 0 Å². The normalized spacial score (nSPS) is 9.58. The maximum atomic E-state index is 9.66. The third-order valence-electron chi connectivity index (χ3n) is 1.09. The molecular weight excluding hydrogens is 176 g/mol. The maximum absolute atomic E-state index is 9.66. The van der Waals surface area contributed by atoms with Gasteiger partial charge in [0.1, 0.15) is 15.4 Å². The summed E-state index contributed by atoms with van der Waals surface area (Å²) in [7, 11) is 3.70. The predicted molar refractivity (Wildman–Crippen MR) is 44.6 cm³/mol. The summed E-state index contributed by atoms with van der Waals surface area (Å²) in [4.78, 5) is 9.66. The zero-order valence-corrected chi connectivity index (χ0v) is 8.20. The Kier molecular flexibility index (Phi) is 8.05. The number of ether oxygens (including phenoxy) is 3. The molecule has 0 aliphatic rings. The number of rotatable bonds is 7. The van der Waals surface area contributed by atoms with Gasteiger partial charge in [0, 0.05) is 14.2 Å². The fraction of sp³-hybridized carbons (Fsp3) is 0.714. The highest BCUT2D eigenvalue weighted by molar-refractivity contribution is 6.36. The minimum absolute atomic E-state index is 0.159. The summed E-state index contributed by atoms with van der Waals surface area (Å²) >= 11 is 0. The minimum atomic E-state index is -0.159. The quantitative estimate of drug-likeness (QED) is 0.186. The summed E-state index contributed by atoms with van der Waals surface area (Å²) in [6.07, 6.45) is 1.01. The van der Waals surface area contributed by atoms with Crippen molar-refractivity contribution in [1.82, 2.24) is 0 Å². The van der Waals surface area contributed by atoms with Crippen molar-refractivity contribution >= 4 is 15.5 Å². The fourth-order valence-electron chi connectivity index (χ4n) is 0.592. The first-order valence-corrected chi connectivity index (χ1v) is 4.73. The third-order valence-corrected chi connectivity index (χ3v) is 2.39. The van der Waals surface area contributed by atoms with Gasteiger partial charge in [0.2, 0.25) is 0 Å². The van der Waals surface area contributed by atoms with Crippen molar-refractivity contribution in [2.24, 2.45) is 0 Å². The van der Waals surface area contributed by atoms with E-state index in [2.05, 4.69) is 0 Å². The van der Waals surface area contributed by atoms with E-state index in [4.69, 9.17) is 14.2 Å². The van der Waals surface area contributed by atoms with Gasteiger partial charge in [0.25, 0.3) is 0 Å². The molecule has 12 heavy (non-hydrogen) atoms. The Morgan fingerprint density at radius 1 is 1.50 bits per heavy atom. The van der Waals surface area contributed by atoms with Crippen molar-refractivity contribution in [2.75, 3.05) is 20.8 Å². The summed E-state index contributed by atoms with van der Waals surface area (Å²) < 4.78 is 14.7. The summed E-state index contributed by atoms with van der Waals surface area (Å²) in [5, 5.41) is 0. The van der Waals surface area contributed by atoms with Crippen LogP contribution in [0.5, 0.6) is 0 Å². The van der Waals surface area contributed by atoms with Crippen LogP contribution in [0.15, 0.2) is 6.26 Å². The monoisotopic (exact) mass is 188 g/mol. The molecule has 0 spiro atoms. The van der Waals surface area contributed by atoms with E-state index in [-0.39, 0.29) is 5.91 Å². The van der Waals surface area contributed by atoms with Crippen molar-refractivity contribution < 1.29 is 19.0 Å². The van der Waals surface area contributed by atoms with Gasteiger partial charge in [-0.15, -0.1) is 0 Å². The van der Waals surface area contributed by atoms with Gasteiger partial charge in [0.05, 0.1) is 6.61 Å². The van der Waals surface area contributed by atoms with Crippen LogP contribution >= 0.6 is 0 Å². The van der Waals surface area contributed by atoms with Gasteiger partial charge in [-0.3, -0.25) is 0 Å². The van der Waals surface area contributed by atoms with Crippen molar-refractivity contribution in [3.8, 4) is 0 Å². The van der Waals surface area contributed by atoms with Crippen LogP contribution < -0.4 is 0 Å². The van der Waals surface area contributed by atoms with Crippen LogP contribution in [-0.4, -0.2) is 42.2 Å². The predicted octanol–water partition coefficient (Wildman–Crippen LogP) is 0.0472. The summed E-state index contributed by atoms with van der Waals surface area (Å²) in [6.45, 7) is 0.497. The fourth-order valence-corrected chi connectivity index (χ4v) is 1.40. The smallest absolute Gasteiger partial charge is 0.166 e. The van der Waals surface area contributed by atoms with Gasteiger partial charge in [0.15, 0.2) is 12.2 Å². The van der Waals surface area contributed by atoms with Gasteiger partial charge >= 0.3 is 0 Å². The second-order valence-corrected chi connectivity index (χ2v) is 3.24. The highest BCUT2D eigenvalue weighted by Crippen LogP contribution is 1.92. The molecule has 4 nitrogen and oxygen atoms in total. The van der Waals surface area contributed by atoms with Crippen LogP contribution in [-0.2, 0) is 19.0 Å². The standard InChI is InChI=1S/C7H12O4Si/c1-9-7(10-2)12-6-5-11-4-3-8/h4,7H,5-6H2,1-2H3. The lowest BCUT2D eigenvalue weighted by molar-refractivity contribution is -0.0443.